The Morgan fingerprint density at radius 1 is 1.10 bits per heavy atom. The van der Waals surface area contributed by atoms with Crippen LogP contribution in [0.1, 0.15) is 23.6 Å². The van der Waals surface area contributed by atoms with E-state index in [0.717, 1.165) is 23.3 Å². The summed E-state index contributed by atoms with van der Waals surface area (Å²) in [5.41, 5.74) is 8.69. The summed E-state index contributed by atoms with van der Waals surface area (Å²) in [5, 5.41) is 0. The SMILES string of the molecule is CCc1ccccc1OCc1cccc(C#CCN)c1. The predicted octanol–water partition coefficient (Wildman–Crippen LogP) is 3.14. The first-order valence-electron chi connectivity index (χ1n) is 6.82. The molecule has 0 saturated carbocycles. The van der Waals surface area contributed by atoms with Gasteiger partial charge in [0.1, 0.15) is 12.4 Å². The summed E-state index contributed by atoms with van der Waals surface area (Å²) >= 11 is 0. The van der Waals surface area contributed by atoms with E-state index in [4.69, 9.17) is 10.5 Å². The van der Waals surface area contributed by atoms with E-state index in [2.05, 4.69) is 24.8 Å². The molecular formula is C18H19NO. The van der Waals surface area contributed by atoms with Crippen molar-refractivity contribution in [1.29, 1.82) is 0 Å². The summed E-state index contributed by atoms with van der Waals surface area (Å²) in [7, 11) is 0. The second kappa shape index (κ2) is 7.37. The minimum atomic E-state index is 0.380. The van der Waals surface area contributed by atoms with Gasteiger partial charge in [-0.1, -0.05) is 49.1 Å². The number of nitrogens with two attached hydrogens (primary N) is 1. The van der Waals surface area contributed by atoms with Crippen LogP contribution in [0.15, 0.2) is 48.5 Å². The Hall–Kier alpha value is -2.24. The minimum Gasteiger partial charge on any atom is -0.489 e. The van der Waals surface area contributed by atoms with Gasteiger partial charge in [-0.15, -0.1) is 0 Å². The first-order valence-corrected chi connectivity index (χ1v) is 6.82. The number of para-hydroxylation sites is 1. The minimum absolute atomic E-state index is 0.380. The van der Waals surface area contributed by atoms with Crippen molar-refractivity contribution in [2.24, 2.45) is 5.73 Å². The number of hydrogen-bond acceptors (Lipinski definition) is 2. The van der Waals surface area contributed by atoms with Gasteiger partial charge in [-0.05, 0) is 35.7 Å². The molecule has 0 saturated heterocycles. The highest BCUT2D eigenvalue weighted by Gasteiger charge is 2.01. The molecule has 0 amide bonds. The third kappa shape index (κ3) is 3.88. The van der Waals surface area contributed by atoms with Crippen LogP contribution in [-0.4, -0.2) is 6.54 Å². The second-order valence-electron chi connectivity index (χ2n) is 4.46. The van der Waals surface area contributed by atoms with Crippen molar-refractivity contribution in [1.82, 2.24) is 0 Å². The summed E-state index contributed by atoms with van der Waals surface area (Å²) in [6.07, 6.45) is 0.970. The highest BCUT2D eigenvalue weighted by Crippen LogP contribution is 2.19. The van der Waals surface area contributed by atoms with Gasteiger partial charge in [0, 0.05) is 5.56 Å². The summed E-state index contributed by atoms with van der Waals surface area (Å²) in [4.78, 5) is 0. The van der Waals surface area contributed by atoms with Crippen molar-refractivity contribution < 1.29 is 4.74 Å². The third-order valence-electron chi connectivity index (χ3n) is 3.01. The van der Waals surface area contributed by atoms with Crippen LogP contribution in [0.4, 0.5) is 0 Å². The molecule has 2 rings (SSSR count). The van der Waals surface area contributed by atoms with Gasteiger partial charge >= 0.3 is 0 Å². The number of benzene rings is 2. The number of rotatable bonds is 4. The van der Waals surface area contributed by atoms with Gasteiger partial charge in [-0.2, -0.15) is 0 Å². The number of aryl methyl sites for hydroxylation is 1. The molecule has 0 aliphatic heterocycles. The Balaban J connectivity index is 2.07. The van der Waals surface area contributed by atoms with Crippen LogP contribution < -0.4 is 10.5 Å². The fraction of sp³-hybridized carbons (Fsp3) is 0.222. The van der Waals surface area contributed by atoms with Crippen LogP contribution in [0.25, 0.3) is 0 Å². The molecule has 2 aromatic rings. The maximum absolute atomic E-state index is 5.90. The highest BCUT2D eigenvalue weighted by atomic mass is 16.5. The van der Waals surface area contributed by atoms with Crippen molar-refractivity contribution in [2.45, 2.75) is 20.0 Å². The average Bonchev–Trinajstić information content (AvgIpc) is 2.51. The monoisotopic (exact) mass is 265 g/mol. The maximum Gasteiger partial charge on any atom is 0.122 e. The van der Waals surface area contributed by atoms with Crippen molar-refractivity contribution in [3.63, 3.8) is 0 Å². The molecule has 20 heavy (non-hydrogen) atoms. The van der Waals surface area contributed by atoms with E-state index in [1.165, 1.54) is 5.56 Å². The van der Waals surface area contributed by atoms with E-state index >= 15 is 0 Å². The summed E-state index contributed by atoms with van der Waals surface area (Å²) in [6, 6.07) is 16.2. The standard InChI is InChI=1S/C18H19NO/c1-2-17-10-3-4-11-18(17)20-14-16-8-5-7-15(13-16)9-6-12-19/h3-5,7-8,10-11,13H,2,12,14,19H2,1H3. The topological polar surface area (TPSA) is 35.2 Å². The molecule has 2 nitrogen and oxygen atoms in total. The molecule has 0 fully saturated rings. The molecule has 2 N–H and O–H groups in total. The predicted molar refractivity (Wildman–Crippen MR) is 82.5 cm³/mol. The van der Waals surface area contributed by atoms with Crippen LogP contribution in [0, 0.1) is 11.8 Å². The lowest BCUT2D eigenvalue weighted by molar-refractivity contribution is 0.303. The average molecular weight is 265 g/mol. The Morgan fingerprint density at radius 3 is 2.75 bits per heavy atom. The van der Waals surface area contributed by atoms with Crippen LogP contribution in [-0.2, 0) is 13.0 Å². The molecule has 0 unspecified atom stereocenters. The zero-order chi connectivity index (χ0) is 14.2. The molecule has 0 atom stereocenters. The fourth-order valence-corrected chi connectivity index (χ4v) is 1.99. The molecule has 0 aromatic heterocycles. The maximum atomic E-state index is 5.90. The van der Waals surface area contributed by atoms with Crippen LogP contribution >= 0.6 is 0 Å². The van der Waals surface area contributed by atoms with Crippen molar-refractivity contribution >= 4 is 0 Å². The summed E-state index contributed by atoms with van der Waals surface area (Å²) in [6.45, 7) is 3.06. The van der Waals surface area contributed by atoms with Gasteiger partial charge in [-0.25, -0.2) is 0 Å². The van der Waals surface area contributed by atoms with Crippen molar-refractivity contribution in [3.8, 4) is 17.6 Å². The molecule has 0 heterocycles. The van der Waals surface area contributed by atoms with E-state index < -0.39 is 0 Å². The summed E-state index contributed by atoms with van der Waals surface area (Å²) in [5.74, 6) is 6.85. The van der Waals surface area contributed by atoms with Gasteiger partial charge in [0.15, 0.2) is 0 Å². The normalized spacial score (nSPS) is 9.70. The molecule has 2 heteroatoms. The highest BCUT2D eigenvalue weighted by molar-refractivity contribution is 5.38. The lowest BCUT2D eigenvalue weighted by Gasteiger charge is -2.10. The van der Waals surface area contributed by atoms with Crippen LogP contribution in [0.2, 0.25) is 0 Å². The molecule has 0 bridgehead atoms. The third-order valence-corrected chi connectivity index (χ3v) is 3.01. The molecule has 0 aliphatic rings. The molecular weight excluding hydrogens is 246 g/mol. The van der Waals surface area contributed by atoms with E-state index in [1.807, 2.05) is 42.5 Å². The molecule has 0 spiro atoms. The second-order valence-corrected chi connectivity index (χ2v) is 4.46. The van der Waals surface area contributed by atoms with Gasteiger partial charge < -0.3 is 10.5 Å². The Labute approximate surface area is 120 Å². The fourth-order valence-electron chi connectivity index (χ4n) is 1.99. The zero-order valence-corrected chi connectivity index (χ0v) is 11.7. The van der Waals surface area contributed by atoms with E-state index in [0.29, 0.717) is 13.2 Å². The van der Waals surface area contributed by atoms with Gasteiger partial charge in [0.05, 0.1) is 6.54 Å². The summed E-state index contributed by atoms with van der Waals surface area (Å²) < 4.78 is 5.90. The first-order chi connectivity index (χ1) is 9.83. The van der Waals surface area contributed by atoms with Crippen molar-refractivity contribution in [2.75, 3.05) is 6.54 Å². The quantitative estimate of drug-likeness (QED) is 0.862. The number of hydrogen-bond donors (Lipinski definition) is 1. The van der Waals surface area contributed by atoms with Crippen LogP contribution in [0.5, 0.6) is 5.75 Å². The Kier molecular flexibility index (Phi) is 5.23. The molecule has 0 radical (unpaired) electrons. The van der Waals surface area contributed by atoms with E-state index in [1.54, 1.807) is 0 Å². The molecule has 2 aromatic carbocycles. The number of ether oxygens (including phenoxy) is 1. The van der Waals surface area contributed by atoms with E-state index in [9.17, 15) is 0 Å². The smallest absolute Gasteiger partial charge is 0.122 e. The molecule has 102 valence electrons. The van der Waals surface area contributed by atoms with Crippen LogP contribution in [0.3, 0.4) is 0 Å². The Bertz CT molecular complexity index is 623. The van der Waals surface area contributed by atoms with Gasteiger partial charge in [0.2, 0.25) is 0 Å². The largest absolute Gasteiger partial charge is 0.489 e. The Morgan fingerprint density at radius 2 is 1.95 bits per heavy atom. The lowest BCUT2D eigenvalue weighted by atomic mass is 10.1. The zero-order valence-electron chi connectivity index (χ0n) is 11.7. The van der Waals surface area contributed by atoms with Crippen molar-refractivity contribution in [3.05, 3.63) is 65.2 Å². The van der Waals surface area contributed by atoms with Gasteiger partial charge in [-0.3, -0.25) is 0 Å². The van der Waals surface area contributed by atoms with E-state index in [-0.39, 0.29) is 0 Å². The first kappa shape index (κ1) is 14.2. The molecule has 0 aliphatic carbocycles. The lowest BCUT2D eigenvalue weighted by Crippen LogP contribution is -1.98. The van der Waals surface area contributed by atoms with Gasteiger partial charge in [0.25, 0.3) is 0 Å².